The Morgan fingerprint density at radius 1 is 1.11 bits per heavy atom. The van der Waals surface area contributed by atoms with Crippen LogP contribution in [0, 0.1) is 0 Å². The number of rotatable bonds is 7. The molecule has 0 aliphatic carbocycles. The Morgan fingerprint density at radius 3 is 2.69 bits per heavy atom. The average molecular weight is 490 g/mol. The normalized spacial score (nSPS) is 15.9. The summed E-state index contributed by atoms with van der Waals surface area (Å²) in [5.41, 5.74) is 8.80. The van der Waals surface area contributed by atoms with E-state index in [9.17, 15) is 9.59 Å². The Bertz CT molecular complexity index is 1350. The zero-order chi connectivity index (χ0) is 24.4. The molecule has 2 amide bonds. The Labute approximate surface area is 207 Å². The van der Waals surface area contributed by atoms with E-state index in [-0.39, 0.29) is 23.6 Å². The summed E-state index contributed by atoms with van der Waals surface area (Å²) in [6, 6.07) is 19.8. The molecule has 2 aromatic carbocycles. The number of likely N-dealkylation sites (tertiary alicyclic amines) is 1. The topological polar surface area (TPSA) is 106 Å². The maximum atomic E-state index is 13.1. The molecule has 0 radical (unpaired) electrons. The van der Waals surface area contributed by atoms with E-state index in [1.165, 1.54) is 0 Å². The fourth-order valence-electron chi connectivity index (χ4n) is 4.39. The molecule has 1 aliphatic heterocycles. The van der Waals surface area contributed by atoms with Crippen molar-refractivity contribution in [2.45, 2.75) is 25.4 Å². The maximum Gasteiger partial charge on any atom is 0.276 e. The minimum atomic E-state index is -0.348. The quantitative estimate of drug-likeness (QED) is 0.398. The van der Waals surface area contributed by atoms with E-state index in [0.29, 0.717) is 28.7 Å². The first-order chi connectivity index (χ1) is 17.0. The van der Waals surface area contributed by atoms with Crippen molar-refractivity contribution in [1.29, 1.82) is 0 Å². The van der Waals surface area contributed by atoms with Gasteiger partial charge in [-0.05, 0) is 73.5 Å². The van der Waals surface area contributed by atoms with Crippen LogP contribution >= 0.6 is 11.6 Å². The van der Waals surface area contributed by atoms with Crippen molar-refractivity contribution in [2.75, 3.05) is 11.9 Å². The number of carbonyl (C=O) groups excluding carboxylic acids is 2. The second-order valence-corrected chi connectivity index (χ2v) is 8.90. The molecule has 5 rings (SSSR count). The predicted octanol–water partition coefficient (Wildman–Crippen LogP) is 4.49. The summed E-state index contributed by atoms with van der Waals surface area (Å²) in [4.78, 5) is 26.9. The van der Waals surface area contributed by atoms with Gasteiger partial charge in [0.15, 0.2) is 11.5 Å². The number of aromatic nitrogens is 2. The third-order valence-corrected chi connectivity index (χ3v) is 6.30. The minimum Gasteiger partial charge on any atom is -0.463 e. The van der Waals surface area contributed by atoms with Crippen LogP contribution in [0.2, 0.25) is 5.02 Å². The first-order valence-corrected chi connectivity index (χ1v) is 11.7. The molecule has 1 aliphatic rings. The molecule has 1 unspecified atom stereocenters. The summed E-state index contributed by atoms with van der Waals surface area (Å²) in [5, 5.41) is 8.07. The fraction of sp³-hybridized carbons (Fsp3) is 0.192. The number of amides is 2. The molecule has 3 heterocycles. The van der Waals surface area contributed by atoms with Crippen molar-refractivity contribution in [3.63, 3.8) is 0 Å². The van der Waals surface area contributed by atoms with Crippen LogP contribution in [-0.4, -0.2) is 39.1 Å². The van der Waals surface area contributed by atoms with Crippen LogP contribution in [0.25, 0.3) is 17.1 Å². The van der Waals surface area contributed by atoms with Gasteiger partial charge in [0.2, 0.25) is 5.91 Å². The second kappa shape index (κ2) is 9.77. The molecule has 35 heavy (non-hydrogen) atoms. The first-order valence-electron chi connectivity index (χ1n) is 11.3. The van der Waals surface area contributed by atoms with Crippen molar-refractivity contribution in [2.24, 2.45) is 5.73 Å². The Balaban J connectivity index is 1.37. The lowest BCUT2D eigenvalue weighted by Gasteiger charge is -2.22. The number of carbonyl (C=O) groups is 2. The smallest absolute Gasteiger partial charge is 0.276 e. The molecule has 2 aromatic heterocycles. The molecule has 8 nitrogen and oxygen atoms in total. The van der Waals surface area contributed by atoms with Gasteiger partial charge in [-0.15, -0.1) is 0 Å². The van der Waals surface area contributed by atoms with Crippen LogP contribution in [0.15, 0.2) is 77.4 Å². The van der Waals surface area contributed by atoms with Gasteiger partial charge < -0.3 is 15.5 Å². The summed E-state index contributed by atoms with van der Waals surface area (Å²) in [6.45, 7) is 1.41. The number of primary amides is 1. The maximum absolute atomic E-state index is 13.1. The van der Waals surface area contributed by atoms with E-state index in [1.807, 2.05) is 42.5 Å². The predicted molar refractivity (Wildman–Crippen MR) is 133 cm³/mol. The van der Waals surface area contributed by atoms with Gasteiger partial charge in [-0.3, -0.25) is 14.5 Å². The number of hydrogen-bond donors (Lipinski definition) is 2. The average Bonchev–Trinajstić information content (AvgIpc) is 3.60. The highest BCUT2D eigenvalue weighted by molar-refractivity contribution is 6.30. The molecule has 178 valence electrons. The number of nitrogens with two attached hydrogens (primary N) is 1. The standard InChI is InChI=1S/C26H24ClN5O3/c27-18-8-10-20(11-9-18)32-23(24-7-3-13-35-24)15-21(30-32)26(34)29-19-5-1-4-17(14-19)16-31-12-2-6-22(31)25(28)33/h1,3-5,7-11,13-15,22H,2,6,12,16H2,(H2,28,33)(H,29,34). The summed E-state index contributed by atoms with van der Waals surface area (Å²) < 4.78 is 7.22. The van der Waals surface area contributed by atoms with Crippen LogP contribution in [0.3, 0.4) is 0 Å². The van der Waals surface area contributed by atoms with Crippen molar-refractivity contribution >= 4 is 29.1 Å². The van der Waals surface area contributed by atoms with Crippen LogP contribution in [0.4, 0.5) is 5.69 Å². The molecular weight excluding hydrogens is 466 g/mol. The van der Waals surface area contributed by atoms with Crippen molar-refractivity contribution < 1.29 is 14.0 Å². The molecule has 9 heteroatoms. The van der Waals surface area contributed by atoms with E-state index >= 15 is 0 Å². The number of nitrogens with one attached hydrogen (secondary N) is 1. The van der Waals surface area contributed by atoms with Gasteiger partial charge >= 0.3 is 0 Å². The highest BCUT2D eigenvalue weighted by Crippen LogP contribution is 2.26. The van der Waals surface area contributed by atoms with E-state index in [0.717, 1.165) is 30.6 Å². The van der Waals surface area contributed by atoms with Crippen molar-refractivity contribution in [3.05, 3.63) is 89.3 Å². The Hall–Kier alpha value is -3.88. The van der Waals surface area contributed by atoms with Crippen LogP contribution < -0.4 is 11.1 Å². The summed E-state index contributed by atoms with van der Waals surface area (Å²) >= 11 is 6.04. The van der Waals surface area contributed by atoms with E-state index in [4.69, 9.17) is 21.8 Å². The SMILES string of the molecule is NC(=O)C1CCCN1Cc1cccc(NC(=O)c2cc(-c3ccco3)n(-c3ccc(Cl)cc3)n2)c1. The third kappa shape index (κ3) is 4.99. The fourth-order valence-corrected chi connectivity index (χ4v) is 4.51. The van der Waals surface area contributed by atoms with E-state index in [1.54, 1.807) is 35.2 Å². The van der Waals surface area contributed by atoms with Gasteiger partial charge in [-0.2, -0.15) is 5.10 Å². The van der Waals surface area contributed by atoms with Gasteiger partial charge in [0, 0.05) is 23.3 Å². The van der Waals surface area contributed by atoms with Gasteiger partial charge in [0.25, 0.3) is 5.91 Å². The molecule has 0 spiro atoms. The van der Waals surface area contributed by atoms with Crippen LogP contribution in [0.5, 0.6) is 0 Å². The number of furan rings is 1. The molecule has 0 saturated carbocycles. The zero-order valence-electron chi connectivity index (χ0n) is 18.9. The van der Waals surface area contributed by atoms with Gasteiger partial charge in [-0.1, -0.05) is 23.7 Å². The largest absolute Gasteiger partial charge is 0.463 e. The minimum absolute atomic E-state index is 0.241. The van der Waals surface area contributed by atoms with Gasteiger partial charge in [0.1, 0.15) is 5.69 Å². The molecule has 3 N–H and O–H groups in total. The number of benzene rings is 2. The monoisotopic (exact) mass is 489 g/mol. The highest BCUT2D eigenvalue weighted by Gasteiger charge is 2.28. The highest BCUT2D eigenvalue weighted by atomic mass is 35.5. The molecule has 1 fully saturated rings. The summed E-state index contributed by atoms with van der Waals surface area (Å²) in [6.07, 6.45) is 3.29. The zero-order valence-corrected chi connectivity index (χ0v) is 19.6. The number of nitrogens with zero attached hydrogens (tertiary/aromatic N) is 3. The van der Waals surface area contributed by atoms with Crippen LogP contribution in [0.1, 0.15) is 28.9 Å². The molecule has 1 atom stereocenters. The molecule has 0 bridgehead atoms. The van der Waals surface area contributed by atoms with Crippen LogP contribution in [-0.2, 0) is 11.3 Å². The van der Waals surface area contributed by atoms with E-state index < -0.39 is 0 Å². The first kappa shape index (κ1) is 22.9. The summed E-state index contributed by atoms with van der Waals surface area (Å²) in [7, 11) is 0. The molecule has 1 saturated heterocycles. The van der Waals surface area contributed by atoms with Gasteiger partial charge in [-0.25, -0.2) is 4.68 Å². The van der Waals surface area contributed by atoms with Crippen molar-refractivity contribution in [3.8, 4) is 17.1 Å². The van der Waals surface area contributed by atoms with Crippen molar-refractivity contribution in [1.82, 2.24) is 14.7 Å². The Kier molecular flexibility index (Phi) is 6.39. The third-order valence-electron chi connectivity index (χ3n) is 6.05. The summed E-state index contributed by atoms with van der Waals surface area (Å²) in [5.74, 6) is -0.0578. The second-order valence-electron chi connectivity index (χ2n) is 8.47. The number of hydrogen-bond acceptors (Lipinski definition) is 5. The lowest BCUT2D eigenvalue weighted by Crippen LogP contribution is -2.39. The number of halogens is 1. The van der Waals surface area contributed by atoms with E-state index in [2.05, 4.69) is 15.3 Å². The lowest BCUT2D eigenvalue weighted by atomic mass is 10.1. The lowest BCUT2D eigenvalue weighted by molar-refractivity contribution is -0.122. The molecule has 4 aromatic rings. The Morgan fingerprint density at radius 2 is 1.94 bits per heavy atom. The van der Waals surface area contributed by atoms with Gasteiger partial charge in [0.05, 0.1) is 18.0 Å². The number of anilines is 1. The molecular formula is C26H24ClN5O3.